The number of fused-ring (bicyclic) bond motifs is 3. The van der Waals surface area contributed by atoms with Gasteiger partial charge in [-0.05, 0) is 0 Å². The molecule has 1 unspecified atom stereocenters. The Morgan fingerprint density at radius 3 is 1.90 bits per heavy atom. The largest absolute Gasteiger partial charge is 1.00 e. The van der Waals surface area contributed by atoms with Gasteiger partial charge in [0, 0.05) is 0 Å². The monoisotopic (exact) mass is 782 g/mol. The van der Waals surface area contributed by atoms with Gasteiger partial charge in [-0.3, -0.25) is 0 Å². The van der Waals surface area contributed by atoms with Gasteiger partial charge in [-0.15, -0.1) is 0 Å². The van der Waals surface area contributed by atoms with Crippen molar-refractivity contribution in [1.29, 1.82) is 0 Å². The van der Waals surface area contributed by atoms with Gasteiger partial charge in [-0.2, -0.15) is 0 Å². The van der Waals surface area contributed by atoms with Crippen molar-refractivity contribution in [2.75, 3.05) is 0 Å². The van der Waals surface area contributed by atoms with Gasteiger partial charge in [0.25, 0.3) is 0 Å². The Morgan fingerprint density at radius 2 is 1.32 bits per heavy atom. The van der Waals surface area contributed by atoms with Gasteiger partial charge in [0.15, 0.2) is 0 Å². The van der Waals surface area contributed by atoms with E-state index in [2.05, 4.69) is 127 Å². The van der Waals surface area contributed by atoms with Gasteiger partial charge in [-0.25, -0.2) is 0 Å². The van der Waals surface area contributed by atoms with E-state index >= 15 is 0 Å². The second kappa shape index (κ2) is 13.7. The molecule has 0 nitrogen and oxygen atoms in total. The molecular formula is C47H58Cl2Zr. The molecule has 4 bridgehead atoms. The van der Waals surface area contributed by atoms with Crippen LogP contribution in [0, 0.1) is 36.0 Å². The average molecular weight is 785 g/mol. The van der Waals surface area contributed by atoms with Crippen LogP contribution in [0.15, 0.2) is 75.1 Å². The van der Waals surface area contributed by atoms with Crippen molar-refractivity contribution >= 4 is 6.98 Å². The second-order valence-corrected chi connectivity index (χ2v) is 24.6. The van der Waals surface area contributed by atoms with Crippen molar-refractivity contribution in [3.05, 3.63) is 108 Å². The Hall–Kier alpha value is -1.53. The van der Waals surface area contributed by atoms with E-state index in [0.29, 0.717) is 11.3 Å². The third-order valence-electron chi connectivity index (χ3n) is 13.2. The number of halogens is 2. The van der Waals surface area contributed by atoms with Gasteiger partial charge >= 0.3 is 301 Å². The second-order valence-electron chi connectivity index (χ2n) is 19.2. The maximum atomic E-state index is 2.82. The molecule has 0 amide bonds. The molecule has 6 aliphatic rings. The van der Waals surface area contributed by atoms with E-state index in [9.17, 15) is 0 Å². The topological polar surface area (TPSA) is 0 Å². The van der Waals surface area contributed by atoms with Crippen LogP contribution in [0.3, 0.4) is 0 Å². The van der Waals surface area contributed by atoms with E-state index in [1.807, 2.05) is 3.28 Å². The molecule has 4 saturated carbocycles. The van der Waals surface area contributed by atoms with Crippen LogP contribution in [0.2, 0.25) is 0 Å². The van der Waals surface area contributed by atoms with Crippen molar-refractivity contribution in [3.8, 4) is 11.1 Å². The minimum atomic E-state index is -2.58. The standard InChI is InChI=1S/C21H25.C18H25.C8H8.2ClH.Zr/c1-20(2,3)16-9-7-14-11-15-8-10-17(21(4,5)6)13-19(15)18(14)12-16;1-12-3-13(2)17(4-12)11-18-8-14-5-15(9-18)7-16(6-14)10-18;1-7-3-5-8(2)6-4-7;;;/h7,9-10,12-13H,11H2,1-6H3;4,12,14-16H,5-11H2,1-2H3;1,3-6H,2H3;2*1H;/q;;;;;+2/p-2. The van der Waals surface area contributed by atoms with Crippen molar-refractivity contribution in [2.24, 2.45) is 29.1 Å². The summed E-state index contributed by atoms with van der Waals surface area (Å²) in [5.74, 6) is 3.59. The first kappa shape index (κ1) is 38.2. The van der Waals surface area contributed by atoms with E-state index < -0.39 is 21.3 Å². The first-order valence-electron chi connectivity index (χ1n) is 19.2. The zero-order valence-corrected chi connectivity index (χ0v) is 36.0. The number of hydrogen-bond donors (Lipinski definition) is 0. The summed E-state index contributed by atoms with van der Waals surface area (Å²) < 4.78 is 6.40. The minimum Gasteiger partial charge on any atom is -1.00 e. The summed E-state index contributed by atoms with van der Waals surface area (Å²) in [6.45, 7) is 21.6. The SMILES string of the molecule is CC1=[C](/[Zr+2](=[CH]/c2ccc(C)cc2)[c]2cc(C(C)(C)C)cc3c2Cc2ccc(C(C)(C)C)cc2-3)C(C)C=C1CC12CC3CC(CC(C3)C1)C2.[Cl-].[Cl-]. The van der Waals surface area contributed by atoms with E-state index in [4.69, 9.17) is 0 Å². The summed E-state index contributed by atoms with van der Waals surface area (Å²) in [7, 11) is 0. The fourth-order valence-corrected chi connectivity index (χ4v) is 18.8. The molecule has 264 valence electrons. The van der Waals surface area contributed by atoms with E-state index in [1.165, 1.54) is 83.9 Å². The Kier molecular flexibility index (Phi) is 10.5. The van der Waals surface area contributed by atoms with Crippen LogP contribution in [-0.4, -0.2) is 3.71 Å². The van der Waals surface area contributed by atoms with Gasteiger partial charge in [-0.1, -0.05) is 0 Å². The van der Waals surface area contributed by atoms with Crippen LogP contribution >= 0.6 is 0 Å². The molecule has 3 aromatic carbocycles. The Balaban J connectivity index is 0.00000216. The predicted octanol–water partition coefficient (Wildman–Crippen LogP) is 5.72. The molecule has 0 heterocycles. The molecule has 6 aliphatic carbocycles. The third kappa shape index (κ3) is 6.96. The molecule has 3 heteroatoms. The number of aryl methyl sites for hydroxylation is 1. The molecule has 4 fully saturated rings. The molecule has 0 aliphatic heterocycles. The number of benzene rings is 3. The van der Waals surface area contributed by atoms with Gasteiger partial charge < -0.3 is 24.8 Å². The minimum absolute atomic E-state index is 0. The molecular weight excluding hydrogens is 727 g/mol. The summed E-state index contributed by atoms with van der Waals surface area (Å²) in [5.41, 5.74) is 16.2. The first-order valence-corrected chi connectivity index (χ1v) is 23.1. The van der Waals surface area contributed by atoms with Crippen LogP contribution in [0.4, 0.5) is 0 Å². The maximum Gasteiger partial charge on any atom is -1.00 e. The van der Waals surface area contributed by atoms with Crippen molar-refractivity contribution in [1.82, 2.24) is 0 Å². The van der Waals surface area contributed by atoms with Crippen LogP contribution in [0.25, 0.3) is 11.1 Å². The summed E-state index contributed by atoms with van der Waals surface area (Å²) in [5, 5.41) is 0. The van der Waals surface area contributed by atoms with Crippen molar-refractivity contribution in [2.45, 2.75) is 125 Å². The van der Waals surface area contributed by atoms with Crippen LogP contribution in [0.5, 0.6) is 0 Å². The maximum absolute atomic E-state index is 2.82. The number of hydrogen-bond acceptors (Lipinski definition) is 0. The van der Waals surface area contributed by atoms with Crippen molar-refractivity contribution in [3.63, 3.8) is 0 Å². The average Bonchev–Trinajstić information content (AvgIpc) is 3.50. The molecule has 3 aromatic rings. The first-order chi connectivity index (χ1) is 22.7. The predicted molar refractivity (Wildman–Crippen MR) is 203 cm³/mol. The Bertz CT molecular complexity index is 1850. The third-order valence-corrected chi connectivity index (χ3v) is 20.8. The molecule has 50 heavy (non-hydrogen) atoms. The summed E-state index contributed by atoms with van der Waals surface area (Å²) in [4.78, 5) is 0. The van der Waals surface area contributed by atoms with Crippen LogP contribution in [0.1, 0.15) is 134 Å². The molecule has 0 aromatic heterocycles. The summed E-state index contributed by atoms with van der Waals surface area (Å²) >= 11 is -2.58. The van der Waals surface area contributed by atoms with Gasteiger partial charge in [0.1, 0.15) is 0 Å². The van der Waals surface area contributed by atoms with Crippen molar-refractivity contribution < 1.29 is 46.1 Å². The molecule has 0 saturated heterocycles. The number of allylic oxidation sites excluding steroid dienone is 4. The Labute approximate surface area is 324 Å². The fourth-order valence-electron chi connectivity index (χ4n) is 11.1. The molecule has 9 rings (SSSR count). The van der Waals surface area contributed by atoms with E-state index in [0.717, 1.165) is 24.2 Å². The smallest absolute Gasteiger partial charge is 1.00 e. The molecule has 0 radical (unpaired) electrons. The van der Waals surface area contributed by atoms with E-state index in [1.54, 1.807) is 20.0 Å². The summed E-state index contributed by atoms with van der Waals surface area (Å²) in [6.07, 6.45) is 14.3. The fraction of sp³-hybridized carbons (Fsp3) is 0.511. The molecule has 0 N–H and O–H groups in total. The quantitative estimate of drug-likeness (QED) is 0.243. The van der Waals surface area contributed by atoms with Gasteiger partial charge in [0.05, 0.1) is 0 Å². The number of rotatable bonds is 5. The zero-order chi connectivity index (χ0) is 33.7. The van der Waals surface area contributed by atoms with E-state index in [-0.39, 0.29) is 35.6 Å². The van der Waals surface area contributed by atoms with Crippen LogP contribution in [-0.2, 0) is 38.5 Å². The molecule has 1 atom stereocenters. The normalized spacial score (nSPS) is 26.4. The Morgan fingerprint density at radius 1 is 0.740 bits per heavy atom. The summed E-state index contributed by atoms with van der Waals surface area (Å²) in [6, 6.07) is 22.1. The molecule has 0 spiro atoms. The zero-order valence-electron chi connectivity index (χ0n) is 32.1. The van der Waals surface area contributed by atoms with Crippen LogP contribution < -0.4 is 28.1 Å². The van der Waals surface area contributed by atoms with Gasteiger partial charge in [0.2, 0.25) is 0 Å².